The van der Waals surface area contributed by atoms with Crippen LogP contribution in [0.15, 0.2) is 62.9 Å². The Bertz CT molecular complexity index is 1690. The molecule has 0 bridgehead atoms. The van der Waals surface area contributed by atoms with E-state index in [4.69, 9.17) is 4.74 Å². The molecular weight excluding hydrogens is 550 g/mol. The number of benzene rings is 3. The number of nitrogens with zero attached hydrogens (tertiary/aromatic N) is 4. The second-order valence-corrected chi connectivity index (χ2v) is 10.3. The molecular formula is C28H24BrN5O4. The van der Waals surface area contributed by atoms with Crippen LogP contribution in [0.5, 0.6) is 0 Å². The van der Waals surface area contributed by atoms with Crippen molar-refractivity contribution in [2.45, 2.75) is 13.8 Å². The third-order valence-corrected chi connectivity index (χ3v) is 7.53. The second-order valence-electron chi connectivity index (χ2n) is 9.35. The van der Waals surface area contributed by atoms with E-state index < -0.39 is 11.8 Å². The van der Waals surface area contributed by atoms with Gasteiger partial charge in [0.2, 0.25) is 0 Å². The Hall–Kier alpha value is -4.02. The number of rotatable bonds is 4. The van der Waals surface area contributed by atoms with Gasteiger partial charge in [0.25, 0.3) is 17.4 Å². The number of hydrazone groups is 1. The van der Waals surface area contributed by atoms with E-state index >= 15 is 0 Å². The first-order valence-electron chi connectivity index (χ1n) is 12.2. The molecule has 0 radical (unpaired) electrons. The van der Waals surface area contributed by atoms with Crippen LogP contribution in [0.4, 0.5) is 5.69 Å². The number of amides is 2. The molecule has 1 N–H and O–H groups in total. The lowest BCUT2D eigenvalue weighted by molar-refractivity contribution is 0.0616. The summed E-state index contributed by atoms with van der Waals surface area (Å²) in [4.78, 5) is 42.4. The van der Waals surface area contributed by atoms with Gasteiger partial charge >= 0.3 is 0 Å². The number of hydrogen-bond acceptors (Lipinski definition) is 6. The average molecular weight is 574 g/mol. The van der Waals surface area contributed by atoms with Gasteiger partial charge in [-0.25, -0.2) is 4.68 Å². The first-order chi connectivity index (χ1) is 18.3. The van der Waals surface area contributed by atoms with Gasteiger partial charge in [0.05, 0.1) is 41.8 Å². The van der Waals surface area contributed by atoms with E-state index in [9.17, 15) is 14.4 Å². The fourth-order valence-corrected chi connectivity index (χ4v) is 5.60. The zero-order valence-corrected chi connectivity index (χ0v) is 22.4. The Balaban J connectivity index is 1.37. The number of hydrogen-bond donors (Lipinski definition) is 1. The highest BCUT2D eigenvalue weighted by molar-refractivity contribution is 9.10. The van der Waals surface area contributed by atoms with E-state index in [-0.39, 0.29) is 11.1 Å². The minimum Gasteiger partial charge on any atom is -0.378 e. The molecule has 3 heterocycles. The monoisotopic (exact) mass is 573 g/mol. The number of morpholine rings is 1. The molecule has 3 aromatic carbocycles. The third kappa shape index (κ3) is 3.88. The quantitative estimate of drug-likeness (QED) is 0.292. The summed E-state index contributed by atoms with van der Waals surface area (Å²) in [5, 5.41) is 9.60. The van der Waals surface area contributed by atoms with E-state index in [1.54, 1.807) is 19.1 Å². The number of nitrogens with one attached hydrogen (secondary N) is 1. The number of ether oxygens (including phenoxy) is 1. The summed E-state index contributed by atoms with van der Waals surface area (Å²) in [5.41, 5.74) is 3.87. The molecule has 0 aliphatic carbocycles. The van der Waals surface area contributed by atoms with Crippen molar-refractivity contribution < 1.29 is 14.3 Å². The molecule has 0 unspecified atom stereocenters. The molecule has 6 rings (SSSR count). The number of aryl methyl sites for hydroxylation is 2. The highest BCUT2D eigenvalue weighted by Crippen LogP contribution is 2.36. The smallest absolute Gasteiger partial charge is 0.282 e. The molecule has 2 amide bonds. The van der Waals surface area contributed by atoms with Crippen molar-refractivity contribution in [3.05, 3.63) is 91.3 Å². The van der Waals surface area contributed by atoms with E-state index in [2.05, 4.69) is 31.0 Å². The Morgan fingerprint density at radius 2 is 1.66 bits per heavy atom. The summed E-state index contributed by atoms with van der Waals surface area (Å²) >= 11 is 3.44. The van der Waals surface area contributed by atoms with Gasteiger partial charge in [0.1, 0.15) is 0 Å². The van der Waals surface area contributed by atoms with Crippen LogP contribution < -0.4 is 10.5 Å². The molecule has 0 saturated carbocycles. The van der Waals surface area contributed by atoms with Crippen molar-refractivity contribution in [1.29, 1.82) is 0 Å². The van der Waals surface area contributed by atoms with Gasteiger partial charge in [-0.2, -0.15) is 10.1 Å². The molecule has 2 aliphatic rings. The van der Waals surface area contributed by atoms with Crippen molar-refractivity contribution >= 4 is 50.4 Å². The fraction of sp³-hybridized carbons (Fsp3) is 0.214. The van der Waals surface area contributed by atoms with Gasteiger partial charge in [-0.05, 0) is 55.8 Å². The second kappa shape index (κ2) is 9.38. The van der Waals surface area contributed by atoms with Crippen LogP contribution in [0.2, 0.25) is 0 Å². The minimum atomic E-state index is -0.527. The Kier molecular flexibility index (Phi) is 6.00. The van der Waals surface area contributed by atoms with E-state index in [1.165, 1.54) is 10.9 Å². The molecule has 10 heteroatoms. The molecule has 1 fully saturated rings. The highest BCUT2D eigenvalue weighted by atomic mass is 79.9. The number of carbonyl (C=O) groups excluding carboxylic acids is 2. The van der Waals surface area contributed by atoms with Crippen molar-refractivity contribution in [2.75, 3.05) is 31.2 Å². The number of aromatic amines is 1. The van der Waals surface area contributed by atoms with Crippen molar-refractivity contribution in [1.82, 2.24) is 14.8 Å². The topological polar surface area (TPSA) is 100 Å². The van der Waals surface area contributed by atoms with Gasteiger partial charge in [0.15, 0.2) is 0 Å². The van der Waals surface area contributed by atoms with Crippen molar-refractivity contribution in [3.8, 4) is 5.69 Å². The molecule has 1 saturated heterocycles. The summed E-state index contributed by atoms with van der Waals surface area (Å²) in [6, 6.07) is 14.7. The van der Waals surface area contributed by atoms with Gasteiger partial charge in [-0.3, -0.25) is 19.5 Å². The third-order valence-electron chi connectivity index (χ3n) is 7.03. The van der Waals surface area contributed by atoms with Crippen LogP contribution >= 0.6 is 15.9 Å². The highest BCUT2D eigenvalue weighted by Gasteiger charge is 2.34. The van der Waals surface area contributed by atoms with Gasteiger partial charge < -0.3 is 9.64 Å². The average Bonchev–Trinajstić information content (AvgIpc) is 3.20. The molecule has 0 spiro atoms. The zero-order chi connectivity index (χ0) is 26.6. The number of aromatic nitrogens is 2. The van der Waals surface area contributed by atoms with E-state index in [1.807, 2.05) is 43.3 Å². The van der Waals surface area contributed by atoms with Gasteiger partial charge in [0, 0.05) is 39.7 Å². The van der Waals surface area contributed by atoms with Crippen LogP contribution in [-0.2, 0) is 4.74 Å². The lowest BCUT2D eigenvalue weighted by Crippen LogP contribution is -2.38. The first-order valence-corrected chi connectivity index (χ1v) is 13.0. The number of halogens is 1. The van der Waals surface area contributed by atoms with E-state index in [0.717, 1.165) is 39.2 Å². The van der Waals surface area contributed by atoms with Gasteiger partial charge in [-0.1, -0.05) is 28.1 Å². The molecule has 1 aromatic heterocycles. The van der Waals surface area contributed by atoms with Crippen molar-refractivity contribution in [3.63, 3.8) is 0 Å². The number of imide groups is 1. The molecule has 9 nitrogen and oxygen atoms in total. The SMILES string of the molecule is Cc1cc(Br)ccc1-n1[nH]c(C)c(C=NN2C(=O)c3cccc4c(N5CCOCC5)ccc(c34)C2=O)c1=O. The predicted molar refractivity (Wildman–Crippen MR) is 149 cm³/mol. The van der Waals surface area contributed by atoms with Crippen molar-refractivity contribution in [2.24, 2.45) is 5.10 Å². The molecule has 2 aliphatic heterocycles. The Labute approximate surface area is 226 Å². The molecule has 192 valence electrons. The van der Waals surface area contributed by atoms with Crippen LogP contribution in [-0.4, -0.2) is 59.1 Å². The van der Waals surface area contributed by atoms with Crippen LogP contribution in [0.25, 0.3) is 16.5 Å². The minimum absolute atomic E-state index is 0.264. The number of anilines is 1. The Morgan fingerprint density at radius 1 is 0.947 bits per heavy atom. The standard InChI is InChI=1S/C28H24BrN5O4/c1-16-14-18(29)6-8-23(16)33-28(37)22(17(2)31-33)15-30-34-26(35)20-5-3-4-19-24(32-10-12-38-13-11-32)9-7-21(25(19)20)27(34)36/h3-9,14-15,31H,10-13H2,1-2H3. The van der Waals surface area contributed by atoms with Crippen LogP contribution in [0, 0.1) is 13.8 Å². The summed E-state index contributed by atoms with van der Waals surface area (Å²) in [5.74, 6) is -1.05. The molecule has 0 atom stereocenters. The normalized spacial score (nSPS) is 15.8. The predicted octanol–water partition coefficient (Wildman–Crippen LogP) is 4.16. The largest absolute Gasteiger partial charge is 0.378 e. The first kappa shape index (κ1) is 24.3. The maximum Gasteiger partial charge on any atom is 0.282 e. The van der Waals surface area contributed by atoms with Crippen LogP contribution in [0.1, 0.15) is 37.5 Å². The number of carbonyl (C=O) groups is 2. The van der Waals surface area contributed by atoms with E-state index in [0.29, 0.717) is 41.1 Å². The maximum atomic E-state index is 13.5. The van der Waals surface area contributed by atoms with Gasteiger partial charge in [-0.15, -0.1) is 0 Å². The number of H-pyrrole nitrogens is 1. The van der Waals surface area contributed by atoms with Crippen LogP contribution in [0.3, 0.4) is 0 Å². The zero-order valence-electron chi connectivity index (χ0n) is 20.8. The summed E-state index contributed by atoms with van der Waals surface area (Å²) in [6.45, 7) is 6.39. The maximum absolute atomic E-state index is 13.5. The fourth-order valence-electron chi connectivity index (χ4n) is 5.12. The molecule has 4 aromatic rings. The lowest BCUT2D eigenvalue weighted by atomic mass is 9.93. The summed E-state index contributed by atoms with van der Waals surface area (Å²) in [6.07, 6.45) is 1.28. The summed E-state index contributed by atoms with van der Waals surface area (Å²) < 4.78 is 7.82. The lowest BCUT2D eigenvalue weighted by Gasteiger charge is -2.31. The Morgan fingerprint density at radius 3 is 2.39 bits per heavy atom. The molecule has 38 heavy (non-hydrogen) atoms. The summed E-state index contributed by atoms with van der Waals surface area (Å²) in [7, 11) is 0.